The van der Waals surface area contributed by atoms with Gasteiger partial charge < -0.3 is 24.0 Å². The topological polar surface area (TPSA) is 75.0 Å². The van der Waals surface area contributed by atoms with E-state index in [1.165, 1.54) is 6.20 Å². The molecule has 4 aromatic heterocycles. The third-order valence-corrected chi connectivity index (χ3v) is 7.06. The van der Waals surface area contributed by atoms with Crippen LogP contribution in [0, 0.1) is 24.3 Å². The maximum absolute atomic E-state index is 8.20. The van der Waals surface area contributed by atoms with Crippen LogP contribution in [0.25, 0.3) is 50.3 Å². The van der Waals surface area contributed by atoms with Crippen LogP contribution in [0.1, 0.15) is 2.74 Å². The molecule has 0 spiro atoms. The second-order valence-electron chi connectivity index (χ2n) is 9.92. The van der Waals surface area contributed by atoms with E-state index >= 15 is 0 Å². The molecular weight excluding hydrogens is 860 g/mol. The van der Waals surface area contributed by atoms with Crippen LogP contribution in [0.15, 0.2) is 128 Å². The number of pyridine rings is 2. The van der Waals surface area contributed by atoms with Crippen molar-refractivity contribution in [2.75, 3.05) is 0 Å². The SMILES string of the molecule is [2H]c1cnc(-n2c3[c-]c(Oc4[c-]c(-c5ccccn5)ccc4)ccc3c3ccc(Oc4[c-]c(-c5ccccn5)ccc4)[c-]c32)nc1[2H].[Pd+2].[Pt+2]. The molecule has 7 nitrogen and oxygen atoms in total. The maximum Gasteiger partial charge on any atom is 2.00 e. The van der Waals surface area contributed by atoms with E-state index < -0.39 is 0 Å². The van der Waals surface area contributed by atoms with Gasteiger partial charge in [-0.15, -0.1) is 71.8 Å². The van der Waals surface area contributed by atoms with Crippen LogP contribution < -0.4 is 9.47 Å². The van der Waals surface area contributed by atoms with Crippen LogP contribution >= 0.6 is 0 Å². The summed E-state index contributed by atoms with van der Waals surface area (Å²) in [5, 5.41) is 1.69. The minimum atomic E-state index is -0.202. The molecule has 0 aliphatic rings. The van der Waals surface area contributed by atoms with Gasteiger partial charge in [0.1, 0.15) is 0 Å². The average molecular weight is 883 g/mol. The fraction of sp³-hybridized carbons (Fsp3) is 0. The average Bonchev–Trinajstić information content (AvgIpc) is 3.43. The minimum absolute atomic E-state index is 0. The van der Waals surface area contributed by atoms with Gasteiger partial charge in [0.25, 0.3) is 0 Å². The minimum Gasteiger partial charge on any atom is -0.503 e. The first-order chi connectivity index (χ1) is 23.1. The van der Waals surface area contributed by atoms with Crippen LogP contribution in [0.4, 0.5) is 0 Å². The molecule has 8 rings (SSSR count). The van der Waals surface area contributed by atoms with Gasteiger partial charge in [-0.25, -0.2) is 9.97 Å². The first-order valence-electron chi connectivity index (χ1n) is 15.1. The summed E-state index contributed by atoms with van der Waals surface area (Å²) in [5.74, 6) is 2.08. The summed E-state index contributed by atoms with van der Waals surface area (Å²) in [6, 6.07) is 43.4. The van der Waals surface area contributed by atoms with Gasteiger partial charge in [-0.3, -0.25) is 0 Å². The molecule has 8 aromatic rings. The molecule has 9 heteroatoms. The number of nitrogens with zero attached hydrogens (tertiary/aromatic N) is 5. The molecule has 0 N–H and O–H groups in total. The van der Waals surface area contributed by atoms with Crippen molar-refractivity contribution in [3.63, 3.8) is 0 Å². The third kappa shape index (κ3) is 6.63. The van der Waals surface area contributed by atoms with E-state index in [4.69, 9.17) is 12.2 Å². The summed E-state index contributed by atoms with van der Waals surface area (Å²) in [6.45, 7) is 0. The van der Waals surface area contributed by atoms with Crippen molar-refractivity contribution in [3.8, 4) is 51.5 Å². The van der Waals surface area contributed by atoms with Crippen LogP contribution in [-0.4, -0.2) is 24.5 Å². The molecule has 0 aliphatic heterocycles. The number of ether oxygens (including phenoxy) is 2. The van der Waals surface area contributed by atoms with E-state index in [1.54, 1.807) is 17.0 Å². The van der Waals surface area contributed by atoms with Crippen LogP contribution in [0.5, 0.6) is 23.0 Å². The Balaban J connectivity index is 0.00000208. The molecule has 4 heterocycles. The summed E-state index contributed by atoms with van der Waals surface area (Å²) in [6.07, 6.45) is 4.57. The molecule has 0 fully saturated rings. The smallest absolute Gasteiger partial charge is 0.503 e. The van der Waals surface area contributed by atoms with Crippen molar-refractivity contribution in [2.24, 2.45) is 0 Å². The van der Waals surface area contributed by atoms with Gasteiger partial charge in [0, 0.05) is 47.8 Å². The Kier molecular flexibility index (Phi) is 8.88. The van der Waals surface area contributed by atoms with Gasteiger partial charge in [-0.1, -0.05) is 47.4 Å². The summed E-state index contributed by atoms with van der Waals surface area (Å²) in [4.78, 5) is 17.5. The first-order valence-corrected chi connectivity index (χ1v) is 14.1. The van der Waals surface area contributed by atoms with Gasteiger partial charge in [-0.05, 0) is 29.6 Å². The zero-order chi connectivity index (χ0) is 31.7. The molecule has 0 bridgehead atoms. The molecule has 0 atom stereocenters. The molecule has 4 aromatic carbocycles. The number of hydrogen-bond acceptors (Lipinski definition) is 6. The molecule has 0 radical (unpaired) electrons. The predicted octanol–water partition coefficient (Wildman–Crippen LogP) is 8.48. The second kappa shape index (κ2) is 14.2. The molecule has 47 heavy (non-hydrogen) atoms. The van der Waals surface area contributed by atoms with Crippen molar-refractivity contribution in [3.05, 3.63) is 152 Å². The molecular formula is C38H21N5O2PdPt. The van der Waals surface area contributed by atoms with Crippen LogP contribution in [0.2, 0.25) is 0 Å². The second-order valence-corrected chi connectivity index (χ2v) is 9.92. The largest absolute Gasteiger partial charge is 2.00 e. The van der Waals surface area contributed by atoms with Crippen LogP contribution in [0.3, 0.4) is 0 Å². The first kappa shape index (κ1) is 29.4. The van der Waals surface area contributed by atoms with Crippen molar-refractivity contribution in [1.82, 2.24) is 24.5 Å². The molecule has 0 aliphatic carbocycles. The third-order valence-electron chi connectivity index (χ3n) is 7.06. The molecule has 0 amide bonds. The number of benzene rings is 4. The Labute approximate surface area is 302 Å². The van der Waals surface area contributed by atoms with Crippen LogP contribution in [-0.2, 0) is 41.5 Å². The van der Waals surface area contributed by atoms with E-state index in [1.807, 2.05) is 97.1 Å². The Bertz CT molecular complexity index is 2270. The molecule has 0 unspecified atom stereocenters. The van der Waals surface area contributed by atoms with E-state index in [0.29, 0.717) is 34.0 Å². The fourth-order valence-electron chi connectivity index (χ4n) is 5.08. The summed E-state index contributed by atoms with van der Waals surface area (Å²) in [7, 11) is 0. The normalized spacial score (nSPS) is 11.2. The summed E-state index contributed by atoms with van der Waals surface area (Å²) >= 11 is 0. The Morgan fingerprint density at radius 1 is 0.532 bits per heavy atom. The summed E-state index contributed by atoms with van der Waals surface area (Å²) in [5.41, 5.74) is 4.38. The molecule has 0 saturated carbocycles. The monoisotopic (exact) mass is 882 g/mol. The Morgan fingerprint density at radius 2 is 1.06 bits per heavy atom. The standard InChI is InChI=1S/C38H21N5O2.Pd.Pt/c1-3-18-39-34(12-1)26-8-5-10-28(22-26)44-30-14-16-32-33-17-15-31(25-37(33)43(36(32)24-30)38-41-20-7-21-42-38)45-29-11-6-9-27(23-29)35-13-2-4-19-40-35;;/h1-21H;;/q-4;2*+2/i7D,20D;;. The van der Waals surface area contributed by atoms with E-state index in [9.17, 15) is 0 Å². The predicted molar refractivity (Wildman–Crippen MR) is 171 cm³/mol. The van der Waals surface area contributed by atoms with E-state index in [0.717, 1.165) is 33.3 Å². The van der Waals surface area contributed by atoms with E-state index in [2.05, 4.69) is 44.2 Å². The molecule has 0 saturated heterocycles. The zero-order valence-electron chi connectivity index (χ0n) is 26.2. The number of rotatable bonds is 7. The van der Waals surface area contributed by atoms with Gasteiger partial charge in [0.2, 0.25) is 5.95 Å². The van der Waals surface area contributed by atoms with Crippen molar-refractivity contribution in [2.45, 2.75) is 0 Å². The van der Waals surface area contributed by atoms with Gasteiger partial charge in [-0.2, -0.15) is 22.9 Å². The summed E-state index contributed by atoms with van der Waals surface area (Å²) < 4.78 is 30.3. The number of hydrogen-bond donors (Lipinski definition) is 0. The number of fused-ring (bicyclic) bond motifs is 3. The van der Waals surface area contributed by atoms with Gasteiger partial charge >= 0.3 is 41.5 Å². The Morgan fingerprint density at radius 3 is 1.55 bits per heavy atom. The quantitative estimate of drug-likeness (QED) is 0.118. The maximum atomic E-state index is 8.20. The number of aromatic nitrogens is 5. The Hall–Kier alpha value is -4.99. The van der Waals surface area contributed by atoms with Gasteiger partial charge in [0.05, 0.1) is 2.74 Å². The van der Waals surface area contributed by atoms with Crippen molar-refractivity contribution in [1.29, 1.82) is 0 Å². The zero-order valence-corrected chi connectivity index (χ0v) is 28.0. The van der Waals surface area contributed by atoms with E-state index in [-0.39, 0.29) is 59.7 Å². The fourth-order valence-corrected chi connectivity index (χ4v) is 5.08. The van der Waals surface area contributed by atoms with Gasteiger partial charge in [0.15, 0.2) is 0 Å². The van der Waals surface area contributed by atoms with Crippen molar-refractivity contribution < 1.29 is 53.7 Å². The molecule has 230 valence electrons. The van der Waals surface area contributed by atoms with Crippen molar-refractivity contribution >= 4 is 21.8 Å².